The molecule has 0 bridgehead atoms. The van der Waals surface area contributed by atoms with Crippen LogP contribution in [0.4, 0.5) is 5.69 Å². The number of tetrazole rings is 1. The van der Waals surface area contributed by atoms with Gasteiger partial charge in [0.15, 0.2) is 6.61 Å². The van der Waals surface area contributed by atoms with E-state index in [1.54, 1.807) is 0 Å². The van der Waals surface area contributed by atoms with Gasteiger partial charge in [-0.15, -0.1) is 15.0 Å². The zero-order valence-corrected chi connectivity index (χ0v) is 17.0. The molecule has 152 valence electrons. The van der Waals surface area contributed by atoms with Gasteiger partial charge >= 0.3 is 0 Å². The van der Waals surface area contributed by atoms with Crippen molar-refractivity contribution in [3.05, 3.63) is 72.6 Å². The van der Waals surface area contributed by atoms with E-state index in [2.05, 4.69) is 62.6 Å². The summed E-state index contributed by atoms with van der Waals surface area (Å²) in [5, 5.41) is 15.1. The minimum atomic E-state index is 0.273. The van der Waals surface area contributed by atoms with E-state index in [1.807, 2.05) is 36.4 Å². The summed E-state index contributed by atoms with van der Waals surface area (Å²) in [6.45, 7) is 4.50. The molecule has 0 unspecified atom stereocenters. The Balaban J connectivity index is 1.34. The van der Waals surface area contributed by atoms with Crippen LogP contribution in [0.1, 0.15) is 5.82 Å². The molecule has 7 nitrogen and oxygen atoms in total. The number of rotatable bonds is 5. The summed E-state index contributed by atoms with van der Waals surface area (Å²) in [4.78, 5) is 6.34. The third kappa shape index (κ3) is 3.84. The first-order chi connectivity index (χ1) is 14.8. The minimum Gasteiger partial charge on any atom is -0.485 e. The molecule has 5 rings (SSSR count). The standard InChI is InChI=1S/C23H24N6O/c1-27-12-14-28(15-13-27)22-9-5-6-18-10-11-20(16-21(18)22)30-17-23-24-26-29(25-23)19-7-3-2-4-8-19/h2-11,16H,12-15,17H2,1H3. The molecule has 1 aliphatic heterocycles. The number of anilines is 1. The molecule has 0 spiro atoms. The molecule has 1 saturated heterocycles. The maximum Gasteiger partial charge on any atom is 0.212 e. The number of nitrogens with zero attached hydrogens (tertiary/aromatic N) is 6. The van der Waals surface area contributed by atoms with Crippen LogP contribution in [-0.4, -0.2) is 58.3 Å². The molecule has 30 heavy (non-hydrogen) atoms. The third-order valence-corrected chi connectivity index (χ3v) is 5.48. The first kappa shape index (κ1) is 18.6. The van der Waals surface area contributed by atoms with Crippen molar-refractivity contribution >= 4 is 16.5 Å². The predicted molar refractivity (Wildman–Crippen MR) is 117 cm³/mol. The highest BCUT2D eigenvalue weighted by Crippen LogP contribution is 2.31. The van der Waals surface area contributed by atoms with Crippen LogP contribution >= 0.6 is 0 Å². The van der Waals surface area contributed by atoms with Crippen LogP contribution in [0, 0.1) is 0 Å². The number of benzene rings is 3. The van der Waals surface area contributed by atoms with E-state index in [-0.39, 0.29) is 6.61 Å². The zero-order valence-electron chi connectivity index (χ0n) is 17.0. The smallest absolute Gasteiger partial charge is 0.212 e. The summed E-state index contributed by atoms with van der Waals surface area (Å²) in [5.41, 5.74) is 2.14. The summed E-state index contributed by atoms with van der Waals surface area (Å²) in [5.74, 6) is 1.35. The fourth-order valence-electron chi connectivity index (χ4n) is 3.77. The van der Waals surface area contributed by atoms with Crippen LogP contribution in [0.2, 0.25) is 0 Å². The lowest BCUT2D eigenvalue weighted by molar-refractivity contribution is 0.296. The van der Waals surface area contributed by atoms with E-state index < -0.39 is 0 Å². The SMILES string of the molecule is CN1CCN(c2cccc3ccc(OCc4nnn(-c5ccccc5)n4)cc23)CC1. The number of fused-ring (bicyclic) bond motifs is 1. The third-order valence-electron chi connectivity index (χ3n) is 5.48. The molecule has 0 radical (unpaired) electrons. The van der Waals surface area contributed by atoms with Gasteiger partial charge in [0, 0.05) is 37.3 Å². The first-order valence-electron chi connectivity index (χ1n) is 10.2. The van der Waals surface area contributed by atoms with Crippen LogP contribution in [-0.2, 0) is 6.61 Å². The van der Waals surface area contributed by atoms with E-state index in [9.17, 15) is 0 Å². The van der Waals surface area contributed by atoms with Gasteiger partial charge in [0.25, 0.3) is 0 Å². The Morgan fingerprint density at radius 2 is 1.73 bits per heavy atom. The topological polar surface area (TPSA) is 59.3 Å². The lowest BCUT2D eigenvalue weighted by Crippen LogP contribution is -2.44. The maximum atomic E-state index is 6.00. The van der Waals surface area contributed by atoms with Crippen LogP contribution < -0.4 is 9.64 Å². The van der Waals surface area contributed by atoms with Gasteiger partial charge in [-0.25, -0.2) is 0 Å². The van der Waals surface area contributed by atoms with Crippen LogP contribution in [0.15, 0.2) is 66.7 Å². The second-order valence-electron chi connectivity index (χ2n) is 7.57. The van der Waals surface area contributed by atoms with Crippen LogP contribution in [0.3, 0.4) is 0 Å². The Morgan fingerprint density at radius 1 is 0.900 bits per heavy atom. The summed E-state index contributed by atoms with van der Waals surface area (Å²) in [6.07, 6.45) is 0. The van der Waals surface area contributed by atoms with E-state index >= 15 is 0 Å². The van der Waals surface area contributed by atoms with Crippen LogP contribution in [0.5, 0.6) is 5.75 Å². The number of ether oxygens (including phenoxy) is 1. The highest BCUT2D eigenvalue weighted by atomic mass is 16.5. The Kier molecular flexibility index (Phi) is 5.03. The minimum absolute atomic E-state index is 0.273. The van der Waals surface area contributed by atoms with Crippen molar-refractivity contribution in [2.45, 2.75) is 6.61 Å². The van der Waals surface area contributed by atoms with Gasteiger partial charge in [0.2, 0.25) is 5.82 Å². The molecule has 0 amide bonds. The summed E-state index contributed by atoms with van der Waals surface area (Å²) >= 11 is 0. The van der Waals surface area contributed by atoms with Crippen molar-refractivity contribution in [2.75, 3.05) is 38.1 Å². The zero-order chi connectivity index (χ0) is 20.3. The lowest BCUT2D eigenvalue weighted by atomic mass is 10.1. The maximum absolute atomic E-state index is 6.00. The Bertz CT molecular complexity index is 1130. The molecule has 0 saturated carbocycles. The molecule has 4 aromatic rings. The van der Waals surface area contributed by atoms with Gasteiger partial charge < -0.3 is 14.5 Å². The largest absolute Gasteiger partial charge is 0.485 e. The van der Waals surface area contributed by atoms with E-state index in [4.69, 9.17) is 4.74 Å². The van der Waals surface area contributed by atoms with E-state index in [0.29, 0.717) is 5.82 Å². The Labute approximate surface area is 175 Å². The van der Waals surface area contributed by atoms with Crippen molar-refractivity contribution < 1.29 is 4.74 Å². The molecule has 0 aliphatic carbocycles. The normalized spacial score (nSPS) is 14.9. The average molecular weight is 400 g/mol. The molecular weight excluding hydrogens is 376 g/mol. The number of likely N-dealkylation sites (N-methyl/N-ethyl adjacent to an activating group) is 1. The number of aromatic nitrogens is 4. The molecule has 0 atom stereocenters. The van der Waals surface area contributed by atoms with E-state index in [1.165, 1.54) is 21.3 Å². The average Bonchev–Trinajstić information content (AvgIpc) is 3.28. The van der Waals surface area contributed by atoms with Gasteiger partial charge in [0.05, 0.1) is 5.69 Å². The first-order valence-corrected chi connectivity index (χ1v) is 10.2. The molecule has 1 fully saturated rings. The Morgan fingerprint density at radius 3 is 2.57 bits per heavy atom. The summed E-state index contributed by atoms with van der Waals surface area (Å²) < 4.78 is 6.00. The second-order valence-corrected chi connectivity index (χ2v) is 7.57. The lowest BCUT2D eigenvalue weighted by Gasteiger charge is -2.34. The molecule has 3 aromatic carbocycles. The van der Waals surface area contributed by atoms with E-state index in [0.717, 1.165) is 37.6 Å². The predicted octanol–water partition coefficient (Wildman–Crippen LogP) is 3.15. The molecule has 0 N–H and O–H groups in total. The van der Waals surface area contributed by atoms with Crippen molar-refractivity contribution in [3.8, 4) is 11.4 Å². The van der Waals surface area contributed by atoms with Gasteiger partial charge in [-0.3, -0.25) is 0 Å². The highest BCUT2D eigenvalue weighted by Gasteiger charge is 2.16. The Hall–Kier alpha value is -3.45. The second kappa shape index (κ2) is 8.12. The summed E-state index contributed by atoms with van der Waals surface area (Å²) in [6, 6.07) is 22.4. The van der Waals surface area contributed by atoms with Gasteiger partial charge in [-0.1, -0.05) is 36.4 Å². The van der Waals surface area contributed by atoms with Gasteiger partial charge in [-0.05, 0) is 48.0 Å². The molecule has 1 aromatic heterocycles. The number of piperazine rings is 1. The monoisotopic (exact) mass is 400 g/mol. The van der Waals surface area contributed by atoms with Crippen LogP contribution in [0.25, 0.3) is 16.5 Å². The highest BCUT2D eigenvalue weighted by molar-refractivity contribution is 5.95. The molecule has 7 heteroatoms. The van der Waals surface area contributed by atoms with Crippen molar-refractivity contribution in [1.82, 2.24) is 25.1 Å². The number of hydrogen-bond acceptors (Lipinski definition) is 6. The number of para-hydroxylation sites is 1. The van der Waals surface area contributed by atoms with Crippen molar-refractivity contribution in [3.63, 3.8) is 0 Å². The van der Waals surface area contributed by atoms with Gasteiger partial charge in [-0.2, -0.15) is 0 Å². The fraction of sp³-hybridized carbons (Fsp3) is 0.261. The van der Waals surface area contributed by atoms with Crippen molar-refractivity contribution in [1.29, 1.82) is 0 Å². The molecule has 1 aliphatic rings. The summed E-state index contributed by atoms with van der Waals surface area (Å²) in [7, 11) is 2.17. The fourth-order valence-corrected chi connectivity index (χ4v) is 3.77. The number of hydrogen-bond donors (Lipinski definition) is 0. The van der Waals surface area contributed by atoms with Gasteiger partial charge in [0.1, 0.15) is 5.75 Å². The molecular formula is C23H24N6O. The quantitative estimate of drug-likeness (QED) is 0.513. The van der Waals surface area contributed by atoms with Crippen molar-refractivity contribution in [2.24, 2.45) is 0 Å². The molecule has 2 heterocycles.